The molecule has 7 nitrogen and oxygen atoms in total. The Kier molecular flexibility index (Phi) is 8.36. The van der Waals surface area contributed by atoms with Crippen LogP contribution in [-0.2, 0) is 14.4 Å². The summed E-state index contributed by atoms with van der Waals surface area (Å²) in [4.78, 5) is 35.2. The lowest BCUT2D eigenvalue weighted by molar-refractivity contribution is -0.122. The fourth-order valence-corrected chi connectivity index (χ4v) is 2.86. The van der Waals surface area contributed by atoms with Gasteiger partial charge in [-0.2, -0.15) is 0 Å². The van der Waals surface area contributed by atoms with Crippen LogP contribution in [0.1, 0.15) is 5.56 Å². The van der Waals surface area contributed by atoms with Crippen LogP contribution in [0.5, 0.6) is 5.75 Å². The number of ether oxygens (including phenoxy) is 1. The van der Waals surface area contributed by atoms with E-state index in [1.807, 2.05) is 31.2 Å². The summed E-state index contributed by atoms with van der Waals surface area (Å²) in [5.41, 5.74) is 2.36. The maximum atomic E-state index is 12.1. The van der Waals surface area contributed by atoms with E-state index >= 15 is 0 Å². The van der Waals surface area contributed by atoms with E-state index in [0.717, 1.165) is 11.3 Å². The maximum Gasteiger partial charge on any atom is 0.257 e. The van der Waals surface area contributed by atoms with Gasteiger partial charge in [0, 0.05) is 24.5 Å². The summed E-state index contributed by atoms with van der Waals surface area (Å²) in [5.74, 6) is 0.174. The van der Waals surface area contributed by atoms with Crippen molar-refractivity contribution in [3.63, 3.8) is 0 Å². The first-order valence-electron chi connectivity index (χ1n) is 8.64. The average Bonchev–Trinajstić information content (AvgIpc) is 2.66. The largest absolute Gasteiger partial charge is 0.484 e. The monoisotopic (exact) mass is 401 g/mol. The van der Waals surface area contributed by atoms with Crippen molar-refractivity contribution in [2.75, 3.05) is 35.8 Å². The van der Waals surface area contributed by atoms with Crippen LogP contribution in [0.4, 0.5) is 11.4 Å². The van der Waals surface area contributed by atoms with Crippen LogP contribution in [0.15, 0.2) is 48.5 Å². The molecule has 148 valence electrons. The van der Waals surface area contributed by atoms with E-state index in [9.17, 15) is 14.4 Å². The summed E-state index contributed by atoms with van der Waals surface area (Å²) in [6.45, 7) is 1.85. The summed E-state index contributed by atoms with van der Waals surface area (Å²) < 4.78 is 5.34. The van der Waals surface area contributed by atoms with Gasteiger partial charge in [0.1, 0.15) is 5.75 Å². The number of amides is 3. The lowest BCUT2D eigenvalue weighted by Crippen LogP contribution is -2.24. The molecule has 2 rings (SSSR count). The molecule has 0 aliphatic carbocycles. The normalized spacial score (nSPS) is 10.1. The molecule has 0 fully saturated rings. The Morgan fingerprint density at radius 3 is 2.11 bits per heavy atom. The highest BCUT2D eigenvalue weighted by Gasteiger charge is 2.08. The molecule has 0 spiro atoms. The van der Waals surface area contributed by atoms with E-state index in [0.29, 0.717) is 11.4 Å². The number of rotatable bonds is 9. The van der Waals surface area contributed by atoms with Crippen molar-refractivity contribution in [1.29, 1.82) is 0 Å². The van der Waals surface area contributed by atoms with Crippen molar-refractivity contribution in [2.24, 2.45) is 0 Å². The molecule has 0 heterocycles. The second-order valence-corrected chi connectivity index (χ2v) is 6.93. The van der Waals surface area contributed by atoms with Gasteiger partial charge in [-0.15, -0.1) is 11.8 Å². The molecule has 0 aromatic heterocycles. The van der Waals surface area contributed by atoms with E-state index in [-0.39, 0.29) is 35.8 Å². The molecule has 0 aliphatic rings. The van der Waals surface area contributed by atoms with Crippen LogP contribution in [0.2, 0.25) is 0 Å². The minimum absolute atomic E-state index is 0.0974. The van der Waals surface area contributed by atoms with Crippen LogP contribution in [0, 0.1) is 6.92 Å². The number of aryl methyl sites for hydroxylation is 1. The van der Waals surface area contributed by atoms with Gasteiger partial charge in [-0.1, -0.05) is 18.2 Å². The predicted molar refractivity (Wildman–Crippen MR) is 112 cm³/mol. The van der Waals surface area contributed by atoms with Crippen molar-refractivity contribution in [3.8, 4) is 5.75 Å². The van der Waals surface area contributed by atoms with Crippen molar-refractivity contribution in [2.45, 2.75) is 6.92 Å². The van der Waals surface area contributed by atoms with Gasteiger partial charge in [0.15, 0.2) is 6.61 Å². The first kappa shape index (κ1) is 21.3. The highest BCUT2D eigenvalue weighted by molar-refractivity contribution is 8.00. The maximum absolute atomic E-state index is 12.1. The molecule has 0 bridgehead atoms. The van der Waals surface area contributed by atoms with E-state index in [1.54, 1.807) is 24.3 Å². The summed E-state index contributed by atoms with van der Waals surface area (Å²) in [7, 11) is 1.53. The number of anilines is 2. The number of benzene rings is 2. The first-order valence-corrected chi connectivity index (χ1v) is 9.79. The highest BCUT2D eigenvalue weighted by atomic mass is 32.2. The van der Waals surface area contributed by atoms with E-state index < -0.39 is 0 Å². The number of carbonyl (C=O) groups is 3. The molecule has 2 aromatic rings. The number of hydrogen-bond acceptors (Lipinski definition) is 5. The average molecular weight is 401 g/mol. The smallest absolute Gasteiger partial charge is 0.257 e. The van der Waals surface area contributed by atoms with Gasteiger partial charge < -0.3 is 20.7 Å². The van der Waals surface area contributed by atoms with Crippen LogP contribution >= 0.6 is 11.8 Å². The summed E-state index contributed by atoms with van der Waals surface area (Å²) in [6.07, 6.45) is 0. The number of likely N-dealkylation sites (N-methyl/N-ethyl adjacent to an activating group) is 1. The molecular weight excluding hydrogens is 378 g/mol. The lowest BCUT2D eigenvalue weighted by Gasteiger charge is -2.09. The molecule has 0 unspecified atom stereocenters. The number of nitrogens with one attached hydrogen (secondary N) is 3. The van der Waals surface area contributed by atoms with Gasteiger partial charge in [-0.3, -0.25) is 14.4 Å². The predicted octanol–water partition coefficient (Wildman–Crippen LogP) is 2.43. The van der Waals surface area contributed by atoms with Crippen LogP contribution in [-0.4, -0.2) is 42.9 Å². The molecule has 0 saturated carbocycles. The second-order valence-electron chi connectivity index (χ2n) is 5.95. The Bertz CT molecular complexity index is 842. The third-order valence-electron chi connectivity index (χ3n) is 3.53. The number of hydrogen-bond donors (Lipinski definition) is 3. The van der Waals surface area contributed by atoms with Crippen LogP contribution in [0.25, 0.3) is 0 Å². The summed E-state index contributed by atoms with van der Waals surface area (Å²) in [6, 6.07) is 14.3. The lowest BCUT2D eigenvalue weighted by atomic mass is 10.2. The molecule has 2 aromatic carbocycles. The van der Waals surface area contributed by atoms with E-state index in [2.05, 4.69) is 16.0 Å². The van der Waals surface area contributed by atoms with Gasteiger partial charge >= 0.3 is 0 Å². The Hall–Kier alpha value is -3.00. The Labute approximate surface area is 168 Å². The zero-order valence-corrected chi connectivity index (χ0v) is 16.6. The molecule has 0 saturated heterocycles. The van der Waals surface area contributed by atoms with Gasteiger partial charge in [-0.25, -0.2) is 0 Å². The van der Waals surface area contributed by atoms with Crippen LogP contribution in [0.3, 0.4) is 0 Å². The van der Waals surface area contributed by atoms with Crippen molar-refractivity contribution in [1.82, 2.24) is 5.32 Å². The minimum atomic E-state index is -0.241. The number of carbonyl (C=O) groups excluding carboxylic acids is 3. The third-order valence-corrected chi connectivity index (χ3v) is 4.47. The highest BCUT2D eigenvalue weighted by Crippen LogP contribution is 2.18. The molecule has 0 aliphatic heterocycles. The quantitative estimate of drug-likeness (QED) is 0.600. The fourth-order valence-electron chi connectivity index (χ4n) is 2.24. The van der Waals surface area contributed by atoms with E-state index in [1.165, 1.54) is 18.8 Å². The second kappa shape index (κ2) is 11.0. The van der Waals surface area contributed by atoms with Gasteiger partial charge in [0.25, 0.3) is 5.91 Å². The summed E-state index contributed by atoms with van der Waals surface area (Å²) >= 11 is 1.23. The van der Waals surface area contributed by atoms with Crippen molar-refractivity contribution < 1.29 is 19.1 Å². The topological polar surface area (TPSA) is 96.5 Å². The zero-order valence-electron chi connectivity index (χ0n) is 15.8. The van der Waals surface area contributed by atoms with Crippen molar-refractivity contribution >= 4 is 40.9 Å². The summed E-state index contributed by atoms with van der Waals surface area (Å²) in [5, 5.41) is 8.01. The minimum Gasteiger partial charge on any atom is -0.484 e. The SMILES string of the molecule is CNC(=O)COc1cccc(NC(=O)CSCC(=O)Nc2cccc(C)c2)c1. The molecule has 28 heavy (non-hydrogen) atoms. The van der Waals surface area contributed by atoms with Gasteiger partial charge in [-0.05, 0) is 36.8 Å². The standard InChI is InChI=1S/C20H23N3O4S/c1-14-5-3-6-15(9-14)22-19(25)12-28-13-20(26)23-16-7-4-8-17(10-16)27-11-18(24)21-2/h3-10H,11-13H2,1-2H3,(H,21,24)(H,22,25)(H,23,26). The Balaban J connectivity index is 1.73. The molecule has 0 radical (unpaired) electrons. The zero-order chi connectivity index (χ0) is 20.4. The molecule has 0 atom stereocenters. The number of thioether (sulfide) groups is 1. The molecular formula is C20H23N3O4S. The van der Waals surface area contributed by atoms with Gasteiger partial charge in [0.05, 0.1) is 11.5 Å². The van der Waals surface area contributed by atoms with Gasteiger partial charge in [0.2, 0.25) is 11.8 Å². The molecule has 3 N–H and O–H groups in total. The van der Waals surface area contributed by atoms with Crippen LogP contribution < -0.4 is 20.7 Å². The first-order chi connectivity index (χ1) is 13.5. The van der Waals surface area contributed by atoms with E-state index in [4.69, 9.17) is 4.74 Å². The Morgan fingerprint density at radius 1 is 0.893 bits per heavy atom. The molecule has 8 heteroatoms. The third kappa shape index (κ3) is 7.71. The van der Waals surface area contributed by atoms with Crippen molar-refractivity contribution in [3.05, 3.63) is 54.1 Å². The molecule has 3 amide bonds. The Morgan fingerprint density at radius 2 is 1.50 bits per heavy atom. The fraction of sp³-hybridized carbons (Fsp3) is 0.250.